The van der Waals surface area contributed by atoms with Crippen molar-refractivity contribution in [3.8, 4) is 11.5 Å². The molecular weight excluding hydrogens is 341 g/mol. The molecule has 0 aliphatic rings. The van der Waals surface area contributed by atoms with Gasteiger partial charge in [0.05, 0.1) is 17.3 Å². The Hall–Kier alpha value is -2.08. The summed E-state index contributed by atoms with van der Waals surface area (Å²) in [6.45, 7) is -0.223. The molecule has 0 radical (unpaired) electrons. The number of hydrogen-bond acceptors (Lipinski definition) is 3. The van der Waals surface area contributed by atoms with Gasteiger partial charge < -0.3 is 14.8 Å². The minimum absolute atomic E-state index is 0.223. The third kappa shape index (κ3) is 4.19. The van der Waals surface area contributed by atoms with Crippen molar-refractivity contribution in [3.63, 3.8) is 0 Å². The van der Waals surface area contributed by atoms with Gasteiger partial charge >= 0.3 is 0 Å². The number of rotatable bonds is 5. The number of nitrogens with one attached hydrogen (secondary N) is 1. The molecule has 2 rings (SSSR count). The first-order chi connectivity index (χ1) is 10.1. The molecule has 2 aromatic carbocycles. The first-order valence-corrected chi connectivity index (χ1v) is 6.90. The summed E-state index contributed by atoms with van der Waals surface area (Å²) in [6, 6.07) is 11.3. The third-order valence-electron chi connectivity index (χ3n) is 2.64. The maximum atomic E-state index is 13.3. The minimum Gasteiger partial charge on any atom is -0.495 e. The monoisotopic (exact) mass is 353 g/mol. The van der Waals surface area contributed by atoms with Crippen molar-refractivity contribution >= 4 is 27.5 Å². The second-order valence-electron chi connectivity index (χ2n) is 4.11. The van der Waals surface area contributed by atoms with Gasteiger partial charge in [-0.05, 0) is 40.2 Å². The molecule has 0 aromatic heterocycles. The van der Waals surface area contributed by atoms with Crippen LogP contribution in [0.1, 0.15) is 0 Å². The van der Waals surface area contributed by atoms with Crippen molar-refractivity contribution in [3.05, 3.63) is 52.8 Å². The van der Waals surface area contributed by atoms with Gasteiger partial charge in [0.25, 0.3) is 5.91 Å². The van der Waals surface area contributed by atoms with Gasteiger partial charge in [-0.2, -0.15) is 0 Å². The van der Waals surface area contributed by atoms with Crippen LogP contribution in [0, 0.1) is 5.82 Å². The molecule has 0 saturated carbocycles. The Morgan fingerprint density at radius 3 is 2.76 bits per heavy atom. The van der Waals surface area contributed by atoms with Crippen LogP contribution in [0.2, 0.25) is 0 Å². The van der Waals surface area contributed by atoms with Gasteiger partial charge in [0.2, 0.25) is 0 Å². The summed E-state index contributed by atoms with van der Waals surface area (Å²) in [4.78, 5) is 11.8. The molecule has 0 saturated heterocycles. The summed E-state index contributed by atoms with van der Waals surface area (Å²) < 4.78 is 24.0. The Labute approximate surface area is 130 Å². The molecule has 0 atom stereocenters. The van der Waals surface area contributed by atoms with Crippen molar-refractivity contribution in [2.75, 3.05) is 19.0 Å². The minimum atomic E-state index is -0.447. The van der Waals surface area contributed by atoms with Crippen molar-refractivity contribution in [2.45, 2.75) is 0 Å². The Bertz CT molecular complexity index is 649. The molecule has 110 valence electrons. The number of anilines is 1. The third-order valence-corrected chi connectivity index (χ3v) is 3.29. The summed E-state index contributed by atoms with van der Waals surface area (Å²) in [7, 11) is 1.52. The lowest BCUT2D eigenvalue weighted by Crippen LogP contribution is -2.20. The number of benzene rings is 2. The Kier molecular flexibility index (Phi) is 5.16. The van der Waals surface area contributed by atoms with E-state index in [1.165, 1.54) is 19.2 Å². The van der Waals surface area contributed by atoms with E-state index < -0.39 is 5.82 Å². The number of carbonyl (C=O) groups excluding carboxylic acids is 1. The van der Waals surface area contributed by atoms with E-state index in [-0.39, 0.29) is 18.3 Å². The fraction of sp³-hybridized carbons (Fsp3) is 0.133. The zero-order chi connectivity index (χ0) is 15.2. The quantitative estimate of drug-likeness (QED) is 0.892. The number of para-hydroxylation sites is 2. The fourth-order valence-electron chi connectivity index (χ4n) is 1.65. The molecule has 21 heavy (non-hydrogen) atoms. The Morgan fingerprint density at radius 2 is 2.05 bits per heavy atom. The van der Waals surface area contributed by atoms with E-state index in [0.717, 1.165) is 0 Å². The summed E-state index contributed by atoms with van der Waals surface area (Å²) in [5.41, 5.74) is 0.551. The Morgan fingerprint density at radius 1 is 1.29 bits per heavy atom. The lowest BCUT2D eigenvalue weighted by atomic mass is 10.3. The largest absolute Gasteiger partial charge is 0.495 e. The summed E-state index contributed by atoms with van der Waals surface area (Å²) in [6.07, 6.45) is 0. The van der Waals surface area contributed by atoms with E-state index in [0.29, 0.717) is 15.9 Å². The predicted molar refractivity (Wildman–Crippen MR) is 81.2 cm³/mol. The first kappa shape index (κ1) is 15.3. The SMILES string of the molecule is COc1ccccc1NC(=O)COc1ccc(Br)c(F)c1. The van der Waals surface area contributed by atoms with E-state index in [4.69, 9.17) is 9.47 Å². The highest BCUT2D eigenvalue weighted by Crippen LogP contribution is 2.23. The van der Waals surface area contributed by atoms with Crippen LogP contribution in [0.5, 0.6) is 11.5 Å². The van der Waals surface area contributed by atoms with Crippen LogP contribution in [-0.4, -0.2) is 19.6 Å². The molecule has 2 aromatic rings. The summed E-state index contributed by atoms with van der Waals surface area (Å²) in [5.74, 6) is 0.0341. The highest BCUT2D eigenvalue weighted by molar-refractivity contribution is 9.10. The summed E-state index contributed by atoms with van der Waals surface area (Å²) in [5, 5.41) is 2.67. The van der Waals surface area contributed by atoms with E-state index in [2.05, 4.69) is 21.2 Å². The van der Waals surface area contributed by atoms with Crippen LogP contribution in [-0.2, 0) is 4.79 Å². The second kappa shape index (κ2) is 7.08. The van der Waals surface area contributed by atoms with Gasteiger partial charge in [0.15, 0.2) is 6.61 Å². The maximum Gasteiger partial charge on any atom is 0.262 e. The van der Waals surface area contributed by atoms with Crippen molar-refractivity contribution in [1.82, 2.24) is 0 Å². The van der Waals surface area contributed by atoms with Crippen LogP contribution in [0.4, 0.5) is 10.1 Å². The van der Waals surface area contributed by atoms with E-state index >= 15 is 0 Å². The smallest absolute Gasteiger partial charge is 0.262 e. The van der Waals surface area contributed by atoms with Crippen molar-refractivity contribution in [2.24, 2.45) is 0 Å². The van der Waals surface area contributed by atoms with E-state index in [1.54, 1.807) is 30.3 Å². The standard InChI is InChI=1S/C15H13BrFNO3/c1-20-14-5-3-2-4-13(14)18-15(19)9-21-10-6-7-11(16)12(17)8-10/h2-8H,9H2,1H3,(H,18,19). The van der Waals surface area contributed by atoms with Crippen molar-refractivity contribution in [1.29, 1.82) is 0 Å². The number of amides is 1. The van der Waals surface area contributed by atoms with Gasteiger partial charge in [0.1, 0.15) is 17.3 Å². The molecule has 1 N–H and O–H groups in total. The maximum absolute atomic E-state index is 13.3. The number of carbonyl (C=O) groups is 1. The molecule has 6 heteroatoms. The second-order valence-corrected chi connectivity index (χ2v) is 4.97. The first-order valence-electron chi connectivity index (χ1n) is 6.11. The molecule has 4 nitrogen and oxygen atoms in total. The normalized spacial score (nSPS) is 10.0. The number of methoxy groups -OCH3 is 1. The highest BCUT2D eigenvalue weighted by atomic mass is 79.9. The number of ether oxygens (including phenoxy) is 2. The van der Waals surface area contributed by atoms with Crippen molar-refractivity contribution < 1.29 is 18.7 Å². The average molecular weight is 354 g/mol. The number of halogens is 2. The van der Waals surface area contributed by atoms with Crippen LogP contribution in [0.25, 0.3) is 0 Å². The molecule has 0 spiro atoms. The zero-order valence-electron chi connectivity index (χ0n) is 11.2. The average Bonchev–Trinajstić information content (AvgIpc) is 2.49. The fourth-order valence-corrected chi connectivity index (χ4v) is 1.90. The molecular formula is C15H13BrFNO3. The molecule has 0 heterocycles. The molecule has 0 aliphatic heterocycles. The number of hydrogen-bond donors (Lipinski definition) is 1. The lowest BCUT2D eigenvalue weighted by molar-refractivity contribution is -0.118. The van der Waals surface area contributed by atoms with Crippen LogP contribution in [0.3, 0.4) is 0 Å². The lowest BCUT2D eigenvalue weighted by Gasteiger charge is -2.10. The van der Waals surface area contributed by atoms with E-state index in [1.807, 2.05) is 0 Å². The highest BCUT2D eigenvalue weighted by Gasteiger charge is 2.08. The Balaban J connectivity index is 1.94. The zero-order valence-corrected chi connectivity index (χ0v) is 12.8. The molecule has 0 bridgehead atoms. The van der Waals surface area contributed by atoms with Crippen LogP contribution >= 0.6 is 15.9 Å². The van der Waals surface area contributed by atoms with Gasteiger partial charge in [-0.1, -0.05) is 12.1 Å². The topological polar surface area (TPSA) is 47.6 Å². The van der Waals surface area contributed by atoms with E-state index in [9.17, 15) is 9.18 Å². The predicted octanol–water partition coefficient (Wildman–Crippen LogP) is 3.61. The molecule has 0 aliphatic carbocycles. The van der Waals surface area contributed by atoms with Crippen LogP contribution < -0.4 is 14.8 Å². The van der Waals surface area contributed by atoms with Gasteiger partial charge in [0, 0.05) is 6.07 Å². The molecule has 0 fully saturated rings. The molecule has 0 unspecified atom stereocenters. The van der Waals surface area contributed by atoms with Gasteiger partial charge in [-0.3, -0.25) is 4.79 Å². The summed E-state index contributed by atoms with van der Waals surface area (Å²) >= 11 is 3.05. The van der Waals surface area contributed by atoms with Gasteiger partial charge in [-0.25, -0.2) is 4.39 Å². The van der Waals surface area contributed by atoms with Gasteiger partial charge in [-0.15, -0.1) is 0 Å². The van der Waals surface area contributed by atoms with Crippen LogP contribution in [0.15, 0.2) is 46.9 Å². The molecule has 1 amide bonds.